The Morgan fingerprint density at radius 3 is 2.00 bits per heavy atom. The van der Waals surface area contributed by atoms with Crippen molar-refractivity contribution in [2.24, 2.45) is 0 Å². The van der Waals surface area contributed by atoms with Crippen LogP contribution in [0.4, 0.5) is 8.78 Å². The summed E-state index contributed by atoms with van der Waals surface area (Å²) in [7, 11) is 1.26. The first-order valence-electron chi connectivity index (χ1n) is 3.05. The molecule has 0 spiro atoms. The molecule has 0 aliphatic carbocycles. The smallest absolute Gasteiger partial charge is 0.331 e. The number of rotatable bonds is 3. The lowest BCUT2D eigenvalue weighted by Crippen LogP contribution is -2.50. The van der Waals surface area contributed by atoms with Gasteiger partial charge in [-0.15, -0.1) is 0 Å². The van der Waals surface area contributed by atoms with Gasteiger partial charge in [-0.05, 0) is 29.8 Å². The third kappa shape index (κ3) is 2.35. The van der Waals surface area contributed by atoms with E-state index in [1.54, 1.807) is 0 Å². The van der Waals surface area contributed by atoms with Crippen molar-refractivity contribution in [1.29, 1.82) is 0 Å². The fourth-order valence-corrected chi connectivity index (χ4v) is 0.782. The van der Waals surface area contributed by atoms with Crippen LogP contribution in [0.3, 0.4) is 0 Å². The maximum atomic E-state index is 12.5. The lowest BCUT2D eigenvalue weighted by Gasteiger charge is -2.32. The van der Waals surface area contributed by atoms with E-state index in [1.807, 2.05) is 0 Å². The average molecular weight is 233 g/mol. The van der Waals surface area contributed by atoms with Crippen LogP contribution in [0.2, 0.25) is 0 Å². The van der Waals surface area contributed by atoms with Gasteiger partial charge in [0.2, 0.25) is 0 Å². The fraction of sp³-hybridized carbons (Fsp3) is 1.00. The standard InChI is InChI=1S/C6H11BrF2O2/c1-4(11-3)5(2,10)6(7,8)9/h4,10H,1-3H3. The SMILES string of the molecule is COC(C)C(C)(O)C(F)(F)Br. The molecule has 0 amide bonds. The van der Waals surface area contributed by atoms with Crippen LogP contribution in [0.5, 0.6) is 0 Å². The first kappa shape index (κ1) is 11.3. The van der Waals surface area contributed by atoms with E-state index in [0.29, 0.717) is 0 Å². The molecule has 5 heteroatoms. The average Bonchev–Trinajstić information content (AvgIpc) is 1.83. The number of alkyl halides is 3. The molecule has 0 saturated carbocycles. The van der Waals surface area contributed by atoms with E-state index >= 15 is 0 Å². The summed E-state index contributed by atoms with van der Waals surface area (Å²) in [6.45, 7) is 2.38. The summed E-state index contributed by atoms with van der Waals surface area (Å²) in [5.41, 5.74) is -2.19. The predicted octanol–water partition coefficient (Wildman–Crippen LogP) is 1.76. The molecular weight excluding hydrogens is 222 g/mol. The van der Waals surface area contributed by atoms with Gasteiger partial charge >= 0.3 is 4.83 Å². The summed E-state index contributed by atoms with van der Waals surface area (Å²) < 4.78 is 29.6. The van der Waals surface area contributed by atoms with Crippen LogP contribution in [0.1, 0.15) is 13.8 Å². The van der Waals surface area contributed by atoms with Crippen molar-refractivity contribution in [3.8, 4) is 0 Å². The molecule has 0 radical (unpaired) electrons. The Bertz CT molecular complexity index is 133. The van der Waals surface area contributed by atoms with Crippen LogP contribution in [0.25, 0.3) is 0 Å². The highest BCUT2D eigenvalue weighted by atomic mass is 79.9. The molecule has 0 aliphatic rings. The zero-order valence-corrected chi connectivity index (χ0v) is 8.15. The van der Waals surface area contributed by atoms with Gasteiger partial charge in [-0.1, -0.05) is 0 Å². The number of ether oxygens (including phenoxy) is 1. The van der Waals surface area contributed by atoms with Crippen LogP contribution < -0.4 is 0 Å². The van der Waals surface area contributed by atoms with Gasteiger partial charge in [0.15, 0.2) is 5.60 Å². The van der Waals surface area contributed by atoms with E-state index in [4.69, 9.17) is 0 Å². The van der Waals surface area contributed by atoms with Crippen LogP contribution in [0.15, 0.2) is 0 Å². The molecule has 1 N–H and O–H groups in total. The molecule has 0 aliphatic heterocycles. The Hall–Kier alpha value is 0.260. The minimum absolute atomic E-state index is 0.933. The highest BCUT2D eigenvalue weighted by Crippen LogP contribution is 2.37. The van der Waals surface area contributed by atoms with Crippen LogP contribution in [-0.2, 0) is 4.74 Å². The normalized spacial score (nSPS) is 21.0. The molecule has 0 saturated heterocycles. The molecule has 2 atom stereocenters. The molecular formula is C6H11BrF2O2. The van der Waals surface area contributed by atoms with Crippen molar-refractivity contribution in [2.75, 3.05) is 7.11 Å². The summed E-state index contributed by atoms with van der Waals surface area (Å²) in [6, 6.07) is 0. The summed E-state index contributed by atoms with van der Waals surface area (Å²) in [5.74, 6) is 0. The first-order valence-corrected chi connectivity index (χ1v) is 3.84. The summed E-state index contributed by atoms with van der Waals surface area (Å²) >= 11 is 2.08. The number of aliphatic hydroxyl groups is 1. The quantitative estimate of drug-likeness (QED) is 0.752. The summed E-state index contributed by atoms with van der Waals surface area (Å²) in [6.07, 6.45) is -0.933. The molecule has 0 fully saturated rings. The van der Waals surface area contributed by atoms with Gasteiger partial charge in [0.05, 0.1) is 6.10 Å². The Morgan fingerprint density at radius 1 is 1.55 bits per heavy atom. The van der Waals surface area contributed by atoms with Gasteiger partial charge in [-0.2, -0.15) is 8.78 Å². The molecule has 2 nitrogen and oxygen atoms in total. The molecule has 11 heavy (non-hydrogen) atoms. The second-order valence-corrected chi connectivity index (χ2v) is 3.52. The molecule has 68 valence electrons. The van der Waals surface area contributed by atoms with Gasteiger partial charge in [0.25, 0.3) is 0 Å². The number of halogens is 3. The topological polar surface area (TPSA) is 29.5 Å². The maximum Gasteiger partial charge on any atom is 0.331 e. The number of methoxy groups -OCH3 is 1. The second kappa shape index (κ2) is 3.33. The third-order valence-corrected chi connectivity index (χ3v) is 2.52. The van der Waals surface area contributed by atoms with E-state index in [1.165, 1.54) is 14.0 Å². The van der Waals surface area contributed by atoms with Crippen molar-refractivity contribution >= 4 is 15.9 Å². The molecule has 0 aromatic heterocycles. The Labute approximate surface area is 72.7 Å². The molecule has 0 bridgehead atoms. The van der Waals surface area contributed by atoms with Crippen LogP contribution in [-0.4, -0.2) is 28.8 Å². The largest absolute Gasteiger partial charge is 0.380 e. The Morgan fingerprint density at radius 2 is 1.91 bits per heavy atom. The van der Waals surface area contributed by atoms with Gasteiger partial charge in [0.1, 0.15) is 0 Å². The van der Waals surface area contributed by atoms with Gasteiger partial charge in [0, 0.05) is 7.11 Å². The Kier molecular flexibility index (Phi) is 3.41. The minimum Gasteiger partial charge on any atom is -0.380 e. The molecule has 0 aromatic carbocycles. The number of hydrogen-bond donors (Lipinski definition) is 1. The molecule has 0 aromatic rings. The minimum atomic E-state index is -3.34. The van der Waals surface area contributed by atoms with Crippen molar-refractivity contribution in [3.63, 3.8) is 0 Å². The van der Waals surface area contributed by atoms with Crippen molar-refractivity contribution in [1.82, 2.24) is 0 Å². The van der Waals surface area contributed by atoms with Crippen molar-refractivity contribution < 1.29 is 18.6 Å². The molecule has 0 heterocycles. The first-order chi connectivity index (χ1) is 4.73. The zero-order valence-electron chi connectivity index (χ0n) is 6.57. The maximum absolute atomic E-state index is 12.5. The van der Waals surface area contributed by atoms with E-state index in [-0.39, 0.29) is 0 Å². The Balaban J connectivity index is 4.45. The monoisotopic (exact) mass is 232 g/mol. The fourth-order valence-electron chi connectivity index (χ4n) is 0.460. The van der Waals surface area contributed by atoms with Crippen LogP contribution >= 0.6 is 15.9 Å². The highest BCUT2D eigenvalue weighted by Gasteiger charge is 2.50. The highest BCUT2D eigenvalue weighted by molar-refractivity contribution is 9.10. The van der Waals surface area contributed by atoms with E-state index in [0.717, 1.165) is 6.92 Å². The van der Waals surface area contributed by atoms with E-state index in [2.05, 4.69) is 20.7 Å². The predicted molar refractivity (Wildman–Crippen MR) is 41.0 cm³/mol. The zero-order chi connectivity index (χ0) is 9.28. The number of hydrogen-bond acceptors (Lipinski definition) is 2. The van der Waals surface area contributed by atoms with Gasteiger partial charge < -0.3 is 9.84 Å². The second-order valence-electron chi connectivity index (χ2n) is 2.52. The third-order valence-electron chi connectivity index (χ3n) is 1.72. The summed E-state index contributed by atoms with van der Waals surface area (Å²) in [5, 5.41) is 9.20. The van der Waals surface area contributed by atoms with Crippen LogP contribution in [0, 0.1) is 0 Å². The van der Waals surface area contributed by atoms with Gasteiger partial charge in [-0.25, -0.2) is 0 Å². The van der Waals surface area contributed by atoms with E-state index in [9.17, 15) is 13.9 Å². The molecule has 0 rings (SSSR count). The summed E-state index contributed by atoms with van der Waals surface area (Å²) in [4.78, 5) is -3.34. The molecule has 2 unspecified atom stereocenters. The lowest BCUT2D eigenvalue weighted by molar-refractivity contribution is -0.168. The van der Waals surface area contributed by atoms with Gasteiger partial charge in [-0.3, -0.25) is 0 Å². The van der Waals surface area contributed by atoms with Crippen molar-refractivity contribution in [3.05, 3.63) is 0 Å². The lowest BCUT2D eigenvalue weighted by atomic mass is 10.0. The van der Waals surface area contributed by atoms with E-state index < -0.39 is 16.5 Å². The van der Waals surface area contributed by atoms with Crippen molar-refractivity contribution in [2.45, 2.75) is 30.4 Å².